The van der Waals surface area contributed by atoms with Gasteiger partial charge in [0.1, 0.15) is 0 Å². The summed E-state index contributed by atoms with van der Waals surface area (Å²) in [5.74, 6) is 5.35. The molecule has 2 amide bonds. The van der Waals surface area contributed by atoms with Gasteiger partial charge in [0, 0.05) is 32.0 Å². The smallest absolute Gasteiger partial charge is 0.252 e. The van der Waals surface area contributed by atoms with Gasteiger partial charge in [-0.1, -0.05) is 23.5 Å². The van der Waals surface area contributed by atoms with E-state index in [0.717, 1.165) is 5.56 Å². The molecule has 112 valence electrons. The van der Waals surface area contributed by atoms with E-state index in [2.05, 4.69) is 22.5 Å². The van der Waals surface area contributed by atoms with Gasteiger partial charge in [0.15, 0.2) is 0 Å². The third kappa shape index (κ3) is 6.11. The van der Waals surface area contributed by atoms with Crippen LogP contribution < -0.4 is 10.6 Å². The summed E-state index contributed by atoms with van der Waals surface area (Å²) in [6.07, 6.45) is 0.372. The zero-order chi connectivity index (χ0) is 15.7. The molecule has 0 aromatic heterocycles. The van der Waals surface area contributed by atoms with Gasteiger partial charge in [-0.25, -0.2) is 0 Å². The Hall–Kier alpha value is -2.32. The van der Waals surface area contributed by atoms with Gasteiger partial charge in [-0.3, -0.25) is 9.59 Å². The van der Waals surface area contributed by atoms with Crippen molar-refractivity contribution >= 4 is 11.8 Å². The number of benzene rings is 1. The molecule has 0 fully saturated rings. The number of aryl methyl sites for hydroxylation is 1. The zero-order valence-corrected chi connectivity index (χ0v) is 12.3. The number of rotatable bonds is 5. The normalized spacial score (nSPS) is 9.48. The van der Waals surface area contributed by atoms with Crippen LogP contribution in [0.5, 0.6) is 0 Å². The van der Waals surface area contributed by atoms with E-state index in [4.69, 9.17) is 5.11 Å². The third-order valence-corrected chi connectivity index (χ3v) is 2.66. The molecule has 1 rings (SSSR count). The topological polar surface area (TPSA) is 78.4 Å². The van der Waals surface area contributed by atoms with E-state index in [-0.39, 0.29) is 18.4 Å². The van der Waals surface area contributed by atoms with E-state index in [0.29, 0.717) is 30.6 Å². The lowest BCUT2D eigenvalue weighted by atomic mass is 10.0. The Balaban J connectivity index is 2.75. The highest BCUT2D eigenvalue weighted by Crippen LogP contribution is 2.10. The fourth-order valence-electron chi connectivity index (χ4n) is 1.68. The highest BCUT2D eigenvalue weighted by molar-refractivity contribution is 5.97. The van der Waals surface area contributed by atoms with Gasteiger partial charge in [-0.15, -0.1) is 0 Å². The number of aliphatic hydroxyl groups is 1. The average Bonchev–Trinajstić information content (AvgIpc) is 2.45. The van der Waals surface area contributed by atoms with Crippen molar-refractivity contribution in [3.8, 4) is 11.8 Å². The fraction of sp³-hybridized carbons (Fsp3) is 0.375. The average molecular weight is 288 g/mol. The maximum Gasteiger partial charge on any atom is 0.252 e. The van der Waals surface area contributed by atoms with Crippen LogP contribution >= 0.6 is 0 Å². The molecule has 0 bridgehead atoms. The molecule has 0 aliphatic rings. The minimum Gasteiger partial charge on any atom is -0.395 e. The molecular weight excluding hydrogens is 268 g/mol. The molecule has 1 aromatic rings. The molecule has 0 aliphatic carbocycles. The van der Waals surface area contributed by atoms with Gasteiger partial charge in [0.25, 0.3) is 5.91 Å². The molecule has 0 heterocycles. The first-order valence-corrected chi connectivity index (χ1v) is 6.77. The summed E-state index contributed by atoms with van der Waals surface area (Å²) in [5.41, 5.74) is 2.10. The number of carbonyl (C=O) groups is 2. The Morgan fingerprint density at radius 2 is 1.95 bits per heavy atom. The monoisotopic (exact) mass is 288 g/mol. The van der Waals surface area contributed by atoms with Gasteiger partial charge >= 0.3 is 0 Å². The molecule has 0 spiro atoms. The minimum absolute atomic E-state index is 0.00287. The van der Waals surface area contributed by atoms with Crippen molar-refractivity contribution in [3.05, 3.63) is 34.9 Å². The second kappa shape index (κ2) is 8.77. The molecule has 5 nitrogen and oxygen atoms in total. The van der Waals surface area contributed by atoms with Gasteiger partial charge in [0.2, 0.25) is 5.91 Å². The third-order valence-electron chi connectivity index (χ3n) is 2.66. The SMILES string of the molecule is CC(=O)NCCNC(=O)c1cc(C)ccc1C#CCCO. The minimum atomic E-state index is -0.225. The van der Waals surface area contributed by atoms with Gasteiger partial charge in [0.05, 0.1) is 12.2 Å². The van der Waals surface area contributed by atoms with Crippen molar-refractivity contribution in [2.24, 2.45) is 0 Å². The number of nitrogens with one attached hydrogen (secondary N) is 2. The molecule has 3 N–H and O–H groups in total. The standard InChI is InChI=1S/C16H20N2O3/c1-12-6-7-14(5-3-4-10-19)15(11-12)16(21)18-9-8-17-13(2)20/h6-7,11,19H,4,8-10H2,1-2H3,(H,17,20)(H,18,21). The van der Waals surface area contributed by atoms with Crippen LogP contribution in [0.1, 0.15) is 34.8 Å². The zero-order valence-electron chi connectivity index (χ0n) is 12.3. The summed E-state index contributed by atoms with van der Waals surface area (Å²) in [4.78, 5) is 22.9. The van der Waals surface area contributed by atoms with Crippen LogP contribution in [0.15, 0.2) is 18.2 Å². The Morgan fingerprint density at radius 1 is 1.24 bits per heavy atom. The predicted octanol–water partition coefficient (Wildman–Crippen LogP) is 0.595. The van der Waals surface area contributed by atoms with Crippen molar-refractivity contribution in [1.29, 1.82) is 0 Å². The maximum atomic E-state index is 12.2. The Morgan fingerprint density at radius 3 is 2.62 bits per heavy atom. The van der Waals surface area contributed by atoms with Crippen LogP contribution in [0.3, 0.4) is 0 Å². The number of amides is 2. The van der Waals surface area contributed by atoms with Gasteiger partial charge < -0.3 is 15.7 Å². The summed E-state index contributed by atoms with van der Waals surface area (Å²) in [6.45, 7) is 4.07. The molecule has 0 atom stereocenters. The molecule has 21 heavy (non-hydrogen) atoms. The first-order chi connectivity index (χ1) is 10.0. The summed E-state index contributed by atoms with van der Waals surface area (Å²) in [7, 11) is 0. The van der Waals surface area contributed by atoms with Crippen molar-refractivity contribution in [2.75, 3.05) is 19.7 Å². The van der Waals surface area contributed by atoms with Crippen LogP contribution in [0.2, 0.25) is 0 Å². The number of carbonyl (C=O) groups excluding carboxylic acids is 2. The quantitative estimate of drug-likeness (QED) is 0.548. The van der Waals surface area contributed by atoms with E-state index in [1.807, 2.05) is 13.0 Å². The molecule has 0 radical (unpaired) electrons. The van der Waals surface area contributed by atoms with E-state index < -0.39 is 0 Å². The molecule has 0 saturated carbocycles. The molecular formula is C16H20N2O3. The van der Waals surface area contributed by atoms with Crippen LogP contribution in [0.4, 0.5) is 0 Å². The number of hydrogen-bond donors (Lipinski definition) is 3. The van der Waals surface area contributed by atoms with Crippen LogP contribution in [-0.4, -0.2) is 36.6 Å². The van der Waals surface area contributed by atoms with E-state index in [9.17, 15) is 9.59 Å². The molecule has 1 aromatic carbocycles. The second-order valence-electron chi connectivity index (χ2n) is 4.56. The molecule has 0 unspecified atom stereocenters. The Bertz CT molecular complexity index is 571. The lowest BCUT2D eigenvalue weighted by molar-refractivity contribution is -0.118. The first kappa shape index (κ1) is 16.7. The summed E-state index contributed by atoms with van der Waals surface area (Å²) in [6, 6.07) is 5.45. The van der Waals surface area contributed by atoms with Crippen LogP contribution in [0, 0.1) is 18.8 Å². The largest absolute Gasteiger partial charge is 0.395 e. The summed E-state index contributed by atoms with van der Waals surface area (Å²) < 4.78 is 0. The number of hydrogen-bond acceptors (Lipinski definition) is 3. The highest BCUT2D eigenvalue weighted by atomic mass is 16.2. The van der Waals surface area contributed by atoms with Gasteiger partial charge in [-0.2, -0.15) is 0 Å². The van der Waals surface area contributed by atoms with Crippen molar-refractivity contribution in [1.82, 2.24) is 10.6 Å². The molecule has 5 heteroatoms. The number of aliphatic hydroxyl groups excluding tert-OH is 1. The van der Waals surface area contributed by atoms with Crippen molar-refractivity contribution in [3.63, 3.8) is 0 Å². The highest BCUT2D eigenvalue weighted by Gasteiger charge is 2.10. The second-order valence-corrected chi connectivity index (χ2v) is 4.56. The van der Waals surface area contributed by atoms with Crippen molar-refractivity contribution < 1.29 is 14.7 Å². The first-order valence-electron chi connectivity index (χ1n) is 6.77. The maximum absolute atomic E-state index is 12.2. The molecule has 0 aliphatic heterocycles. The van der Waals surface area contributed by atoms with Gasteiger partial charge in [-0.05, 0) is 19.1 Å². The summed E-state index contributed by atoms with van der Waals surface area (Å²) >= 11 is 0. The lowest BCUT2D eigenvalue weighted by Gasteiger charge is -2.08. The Kier molecular flexibility index (Phi) is 6.99. The van der Waals surface area contributed by atoms with Crippen LogP contribution in [-0.2, 0) is 4.79 Å². The van der Waals surface area contributed by atoms with E-state index in [1.165, 1.54) is 6.92 Å². The lowest BCUT2D eigenvalue weighted by Crippen LogP contribution is -2.34. The molecule has 0 saturated heterocycles. The van der Waals surface area contributed by atoms with Crippen LogP contribution in [0.25, 0.3) is 0 Å². The fourth-order valence-corrected chi connectivity index (χ4v) is 1.68. The Labute approximate surface area is 124 Å². The van der Waals surface area contributed by atoms with Crippen molar-refractivity contribution in [2.45, 2.75) is 20.3 Å². The summed E-state index contributed by atoms with van der Waals surface area (Å²) in [5, 5.41) is 14.1. The van der Waals surface area contributed by atoms with E-state index >= 15 is 0 Å². The predicted molar refractivity (Wildman–Crippen MR) is 80.8 cm³/mol. The van der Waals surface area contributed by atoms with E-state index in [1.54, 1.807) is 12.1 Å².